The van der Waals surface area contributed by atoms with Crippen molar-refractivity contribution in [3.63, 3.8) is 0 Å². The maximum Gasteiger partial charge on any atom is 0.254 e. The van der Waals surface area contributed by atoms with Crippen LogP contribution >= 0.6 is 0 Å². The molecule has 0 radical (unpaired) electrons. The van der Waals surface area contributed by atoms with E-state index in [0.29, 0.717) is 30.1 Å². The molecule has 122 valence electrons. The quantitative estimate of drug-likeness (QED) is 0.759. The van der Waals surface area contributed by atoms with Crippen LogP contribution in [0.5, 0.6) is 0 Å². The van der Waals surface area contributed by atoms with Crippen LogP contribution in [0.25, 0.3) is 10.9 Å². The van der Waals surface area contributed by atoms with E-state index in [1.54, 1.807) is 6.20 Å². The normalized spacial score (nSPS) is 15.8. The van der Waals surface area contributed by atoms with Gasteiger partial charge in [-0.05, 0) is 25.0 Å². The third-order valence-corrected chi connectivity index (χ3v) is 4.73. The molecule has 1 amide bonds. The molecule has 3 aromatic rings. The van der Waals surface area contributed by atoms with Crippen molar-refractivity contribution in [3.8, 4) is 0 Å². The first-order valence-electron chi connectivity index (χ1n) is 8.13. The molecule has 1 aliphatic rings. The van der Waals surface area contributed by atoms with Gasteiger partial charge in [0.15, 0.2) is 0 Å². The number of fused-ring (bicyclic) bond motifs is 1. The minimum absolute atomic E-state index is 0.0691. The predicted octanol–water partition coefficient (Wildman–Crippen LogP) is 2.27. The van der Waals surface area contributed by atoms with Crippen molar-refractivity contribution in [1.29, 1.82) is 0 Å². The largest absolute Gasteiger partial charge is 0.339 e. The number of nitrogens with zero attached hydrogens (tertiary/aromatic N) is 2. The number of amides is 1. The monoisotopic (exact) mass is 322 g/mol. The van der Waals surface area contributed by atoms with Gasteiger partial charge >= 0.3 is 0 Å². The summed E-state index contributed by atoms with van der Waals surface area (Å²) in [6.45, 7) is 1.37. The summed E-state index contributed by atoms with van der Waals surface area (Å²) in [6, 6.07) is 10.8. The van der Waals surface area contributed by atoms with E-state index < -0.39 is 0 Å². The number of likely N-dealkylation sites (tertiary alicyclic amines) is 1. The van der Waals surface area contributed by atoms with E-state index in [-0.39, 0.29) is 11.5 Å². The molecule has 4 rings (SSSR count). The van der Waals surface area contributed by atoms with Crippen LogP contribution in [0.1, 0.15) is 34.8 Å². The van der Waals surface area contributed by atoms with Crippen molar-refractivity contribution >= 4 is 16.8 Å². The van der Waals surface area contributed by atoms with Gasteiger partial charge in [0.2, 0.25) is 5.56 Å². The molecule has 0 atom stereocenters. The second-order valence-corrected chi connectivity index (χ2v) is 6.17. The zero-order valence-electron chi connectivity index (χ0n) is 13.2. The lowest BCUT2D eigenvalue weighted by Gasteiger charge is -2.31. The molecule has 1 aliphatic heterocycles. The highest BCUT2D eigenvalue weighted by Gasteiger charge is 2.26. The second kappa shape index (κ2) is 5.96. The fraction of sp³-hybridized carbons (Fsp3) is 0.278. The average molecular weight is 322 g/mol. The summed E-state index contributed by atoms with van der Waals surface area (Å²) >= 11 is 0. The summed E-state index contributed by atoms with van der Waals surface area (Å²) in [4.78, 5) is 29.4. The van der Waals surface area contributed by atoms with Crippen molar-refractivity contribution in [3.05, 3.63) is 64.2 Å². The molecular weight excluding hydrogens is 304 g/mol. The van der Waals surface area contributed by atoms with Gasteiger partial charge in [0.25, 0.3) is 5.91 Å². The maximum absolute atomic E-state index is 12.9. The number of hydrogen-bond donors (Lipinski definition) is 2. The fourth-order valence-corrected chi connectivity index (χ4v) is 3.44. The third-order valence-electron chi connectivity index (χ3n) is 4.73. The van der Waals surface area contributed by atoms with Gasteiger partial charge in [-0.1, -0.05) is 18.2 Å². The van der Waals surface area contributed by atoms with Crippen LogP contribution in [-0.2, 0) is 0 Å². The molecule has 0 saturated carbocycles. The summed E-state index contributed by atoms with van der Waals surface area (Å²) in [5, 5.41) is 7.80. The van der Waals surface area contributed by atoms with Crippen LogP contribution in [0.3, 0.4) is 0 Å². The molecule has 2 aromatic heterocycles. The Kier molecular flexibility index (Phi) is 3.65. The zero-order valence-corrected chi connectivity index (χ0v) is 13.2. The lowest BCUT2D eigenvalue weighted by Crippen LogP contribution is -2.38. The highest BCUT2D eigenvalue weighted by molar-refractivity contribution is 6.05. The summed E-state index contributed by atoms with van der Waals surface area (Å²) in [6.07, 6.45) is 3.55. The van der Waals surface area contributed by atoms with Gasteiger partial charge in [-0.2, -0.15) is 5.10 Å². The van der Waals surface area contributed by atoms with Crippen LogP contribution in [0, 0.1) is 0 Å². The maximum atomic E-state index is 12.9. The van der Waals surface area contributed by atoms with Crippen LogP contribution in [0.4, 0.5) is 0 Å². The lowest BCUT2D eigenvalue weighted by molar-refractivity contribution is 0.0714. The Bertz CT molecular complexity index is 922. The summed E-state index contributed by atoms with van der Waals surface area (Å²) in [5.41, 5.74) is 2.06. The van der Waals surface area contributed by atoms with Gasteiger partial charge < -0.3 is 9.88 Å². The van der Waals surface area contributed by atoms with E-state index >= 15 is 0 Å². The number of rotatable bonds is 2. The van der Waals surface area contributed by atoms with E-state index in [2.05, 4.69) is 15.2 Å². The third kappa shape index (κ3) is 2.60. The molecule has 3 heterocycles. The number of piperidine rings is 1. The molecule has 1 fully saturated rings. The minimum Gasteiger partial charge on any atom is -0.339 e. The lowest BCUT2D eigenvalue weighted by atomic mass is 9.93. The first-order valence-corrected chi connectivity index (χ1v) is 8.13. The first-order chi connectivity index (χ1) is 11.7. The van der Waals surface area contributed by atoms with E-state index in [0.717, 1.165) is 23.9 Å². The van der Waals surface area contributed by atoms with Crippen LogP contribution in [0.15, 0.2) is 47.4 Å². The van der Waals surface area contributed by atoms with E-state index in [4.69, 9.17) is 0 Å². The number of aromatic amines is 2. The molecule has 6 heteroatoms. The van der Waals surface area contributed by atoms with Crippen molar-refractivity contribution in [2.24, 2.45) is 0 Å². The van der Waals surface area contributed by atoms with E-state index in [1.165, 1.54) is 6.07 Å². The summed E-state index contributed by atoms with van der Waals surface area (Å²) in [5.74, 6) is 0.341. The van der Waals surface area contributed by atoms with Crippen molar-refractivity contribution < 1.29 is 4.79 Å². The number of hydrogen-bond acceptors (Lipinski definition) is 3. The van der Waals surface area contributed by atoms with Crippen molar-refractivity contribution in [2.75, 3.05) is 13.1 Å². The highest BCUT2D eigenvalue weighted by atomic mass is 16.2. The second-order valence-electron chi connectivity index (χ2n) is 6.17. The summed E-state index contributed by atoms with van der Waals surface area (Å²) < 4.78 is 0. The van der Waals surface area contributed by atoms with Crippen LogP contribution in [-0.4, -0.2) is 39.1 Å². The summed E-state index contributed by atoms with van der Waals surface area (Å²) in [7, 11) is 0. The Morgan fingerprint density at radius 1 is 1.17 bits per heavy atom. The number of H-pyrrole nitrogens is 2. The van der Waals surface area contributed by atoms with Gasteiger partial charge in [0.1, 0.15) is 0 Å². The molecule has 0 spiro atoms. The predicted molar refractivity (Wildman–Crippen MR) is 91.0 cm³/mol. The Hall–Kier alpha value is -2.89. The Morgan fingerprint density at radius 3 is 2.71 bits per heavy atom. The molecule has 24 heavy (non-hydrogen) atoms. The average Bonchev–Trinajstić information content (AvgIpc) is 3.15. The number of nitrogens with one attached hydrogen (secondary N) is 2. The standard InChI is InChI=1S/C18H18N4O2/c23-17-11-14(13-3-1-2-4-16(13)20-17)18(24)22-9-6-12(7-10-22)15-5-8-19-21-15/h1-5,8,11-12H,6-7,9-10H2,(H,19,21)(H,20,23). The Morgan fingerprint density at radius 2 is 1.96 bits per heavy atom. The smallest absolute Gasteiger partial charge is 0.254 e. The van der Waals surface area contributed by atoms with Gasteiger partial charge in [-0.3, -0.25) is 14.7 Å². The van der Waals surface area contributed by atoms with Gasteiger partial charge in [0.05, 0.1) is 5.56 Å². The number of carbonyl (C=O) groups is 1. The molecule has 0 bridgehead atoms. The van der Waals surface area contributed by atoms with Gasteiger partial charge in [-0.25, -0.2) is 0 Å². The topological polar surface area (TPSA) is 81.8 Å². The Labute approximate surface area is 138 Å². The number of benzene rings is 1. The number of para-hydroxylation sites is 1. The van der Waals surface area contributed by atoms with Gasteiger partial charge in [0, 0.05) is 47.9 Å². The van der Waals surface area contributed by atoms with E-state index in [9.17, 15) is 9.59 Å². The number of pyridine rings is 1. The van der Waals surface area contributed by atoms with Crippen molar-refractivity contribution in [2.45, 2.75) is 18.8 Å². The fourth-order valence-electron chi connectivity index (χ4n) is 3.44. The van der Waals surface area contributed by atoms with Gasteiger partial charge in [-0.15, -0.1) is 0 Å². The van der Waals surface area contributed by atoms with Crippen LogP contribution < -0.4 is 5.56 Å². The molecule has 6 nitrogen and oxygen atoms in total. The Balaban J connectivity index is 1.58. The van der Waals surface area contributed by atoms with Crippen molar-refractivity contribution in [1.82, 2.24) is 20.1 Å². The molecule has 1 saturated heterocycles. The SMILES string of the molecule is O=C(c1cc(=O)[nH]c2ccccc12)N1CCC(c2ccn[nH]2)CC1. The highest BCUT2D eigenvalue weighted by Crippen LogP contribution is 2.27. The number of aromatic nitrogens is 3. The molecule has 2 N–H and O–H groups in total. The molecular formula is C18H18N4O2. The zero-order chi connectivity index (χ0) is 16.5. The first kappa shape index (κ1) is 14.7. The van der Waals surface area contributed by atoms with Crippen LogP contribution in [0.2, 0.25) is 0 Å². The van der Waals surface area contributed by atoms with E-state index in [1.807, 2.05) is 35.2 Å². The number of carbonyl (C=O) groups excluding carboxylic acids is 1. The molecule has 0 unspecified atom stereocenters. The molecule has 1 aromatic carbocycles. The minimum atomic E-state index is -0.246. The molecule has 0 aliphatic carbocycles.